The molecule has 1 heterocycles. The minimum atomic E-state index is -0.477. The first-order valence-electron chi connectivity index (χ1n) is 4.77. The van der Waals surface area contributed by atoms with Crippen molar-refractivity contribution in [3.05, 3.63) is 0 Å². The van der Waals surface area contributed by atoms with Crippen LogP contribution in [0.15, 0.2) is 0 Å². The fourth-order valence-corrected chi connectivity index (χ4v) is 0.902. The van der Waals surface area contributed by atoms with Crippen LogP contribution in [0.3, 0.4) is 0 Å². The Morgan fingerprint density at radius 3 is 1.86 bits per heavy atom. The lowest BCUT2D eigenvalue weighted by Crippen LogP contribution is -2.31. The van der Waals surface area contributed by atoms with E-state index in [0.717, 1.165) is 5.92 Å². The highest BCUT2D eigenvalue weighted by molar-refractivity contribution is 4.65. The molecule has 88 valence electrons. The molecule has 0 amide bonds. The maximum Gasteiger partial charge on any atom is 0.189 e. The highest BCUT2D eigenvalue weighted by Crippen LogP contribution is 2.17. The number of hydrogen-bond acceptors (Lipinski definition) is 3. The molecule has 0 spiro atoms. The van der Waals surface area contributed by atoms with Crippen LogP contribution in [0.25, 0.3) is 0 Å². The first kappa shape index (κ1) is 16.3. The molecule has 0 unspecified atom stereocenters. The van der Waals surface area contributed by atoms with Gasteiger partial charge in [-0.05, 0) is 12.8 Å². The van der Waals surface area contributed by atoms with E-state index >= 15 is 0 Å². The molecule has 1 fully saturated rings. The van der Waals surface area contributed by atoms with Crippen molar-refractivity contribution in [1.29, 1.82) is 0 Å². The maximum absolute atomic E-state index is 5.23. The molecular weight excluding hydrogens is 180 g/mol. The molecule has 1 rings (SSSR count). The van der Waals surface area contributed by atoms with Gasteiger partial charge in [0.15, 0.2) is 5.79 Å². The van der Waals surface area contributed by atoms with Gasteiger partial charge in [-0.1, -0.05) is 28.2 Å². The van der Waals surface area contributed by atoms with Crippen LogP contribution < -0.4 is 0 Å². The van der Waals surface area contributed by atoms with Gasteiger partial charge in [0.05, 0.1) is 19.8 Å². The second-order valence-corrected chi connectivity index (χ2v) is 4.00. The highest BCUT2D eigenvalue weighted by Gasteiger charge is 2.30. The summed E-state index contributed by atoms with van der Waals surface area (Å²) < 4.78 is 15.3. The van der Waals surface area contributed by atoms with Crippen LogP contribution in [0, 0.1) is 5.92 Å². The molecule has 3 nitrogen and oxygen atoms in total. The second kappa shape index (κ2) is 8.21. The van der Waals surface area contributed by atoms with Crippen molar-refractivity contribution in [2.24, 2.45) is 5.92 Å². The molecule has 14 heavy (non-hydrogen) atoms. The van der Waals surface area contributed by atoms with Crippen molar-refractivity contribution in [1.82, 2.24) is 0 Å². The number of rotatable bonds is 2. The zero-order valence-corrected chi connectivity index (χ0v) is 9.42. The first-order valence-corrected chi connectivity index (χ1v) is 4.77. The zero-order valence-electron chi connectivity index (χ0n) is 9.42. The Morgan fingerprint density at radius 1 is 1.21 bits per heavy atom. The number of methoxy groups -OCH3 is 1. The third-order valence-corrected chi connectivity index (χ3v) is 1.30. The summed E-state index contributed by atoms with van der Waals surface area (Å²) in [6, 6.07) is 0. The van der Waals surface area contributed by atoms with Gasteiger partial charge in [0.25, 0.3) is 0 Å². The Morgan fingerprint density at radius 2 is 1.57 bits per heavy atom. The van der Waals surface area contributed by atoms with Gasteiger partial charge in [0.1, 0.15) is 0 Å². The summed E-state index contributed by atoms with van der Waals surface area (Å²) in [5.74, 6) is 0.356. The highest BCUT2D eigenvalue weighted by atomic mass is 16.7. The molecule has 1 saturated heterocycles. The Balaban J connectivity index is 0. The summed E-state index contributed by atoms with van der Waals surface area (Å²) in [4.78, 5) is 0. The lowest BCUT2D eigenvalue weighted by Gasteiger charge is -2.20. The Kier molecular flexibility index (Phi) is 9.57. The third kappa shape index (κ3) is 8.48. The van der Waals surface area contributed by atoms with Gasteiger partial charge in [-0.3, -0.25) is 0 Å². The standard InChI is InChI=1S/C6H12O3.C4H10.CH4/c1-6(5-7-2)8-3-4-9-6;1-4(2)3;/h3-5H2,1-2H3;4H,1-3H3;1H4. The fourth-order valence-electron chi connectivity index (χ4n) is 0.902. The van der Waals surface area contributed by atoms with Crippen LogP contribution in [-0.2, 0) is 14.2 Å². The van der Waals surface area contributed by atoms with Gasteiger partial charge >= 0.3 is 0 Å². The van der Waals surface area contributed by atoms with Crippen LogP contribution in [0.2, 0.25) is 0 Å². The van der Waals surface area contributed by atoms with E-state index in [9.17, 15) is 0 Å². The topological polar surface area (TPSA) is 27.7 Å². The molecule has 0 aliphatic carbocycles. The van der Waals surface area contributed by atoms with Gasteiger partial charge in [-0.15, -0.1) is 0 Å². The molecule has 0 aromatic rings. The second-order valence-electron chi connectivity index (χ2n) is 4.00. The molecular formula is C11H26O3. The van der Waals surface area contributed by atoms with Crippen LogP contribution >= 0.6 is 0 Å². The lowest BCUT2D eigenvalue weighted by atomic mass is 10.3. The van der Waals surface area contributed by atoms with Crippen molar-refractivity contribution >= 4 is 0 Å². The summed E-state index contributed by atoms with van der Waals surface area (Å²) in [6.45, 7) is 10.2. The van der Waals surface area contributed by atoms with Gasteiger partial charge in [-0.2, -0.15) is 0 Å². The van der Waals surface area contributed by atoms with Crippen molar-refractivity contribution in [2.45, 2.75) is 40.9 Å². The van der Waals surface area contributed by atoms with E-state index in [1.54, 1.807) is 7.11 Å². The SMILES string of the molecule is C.CC(C)C.COCC1(C)OCCO1. The van der Waals surface area contributed by atoms with E-state index in [-0.39, 0.29) is 7.43 Å². The minimum Gasteiger partial charge on any atom is -0.379 e. The van der Waals surface area contributed by atoms with Gasteiger partial charge < -0.3 is 14.2 Å². The Hall–Kier alpha value is -0.120. The Bertz CT molecular complexity index is 115. The van der Waals surface area contributed by atoms with Crippen LogP contribution in [0.5, 0.6) is 0 Å². The maximum atomic E-state index is 5.23. The molecule has 0 radical (unpaired) electrons. The van der Waals surface area contributed by atoms with Crippen molar-refractivity contribution in [2.75, 3.05) is 26.9 Å². The van der Waals surface area contributed by atoms with Crippen molar-refractivity contribution in [3.63, 3.8) is 0 Å². The molecule has 0 aromatic carbocycles. The summed E-state index contributed by atoms with van der Waals surface area (Å²) in [7, 11) is 1.64. The van der Waals surface area contributed by atoms with E-state index in [4.69, 9.17) is 14.2 Å². The molecule has 1 aliphatic heterocycles. The van der Waals surface area contributed by atoms with Crippen molar-refractivity contribution < 1.29 is 14.2 Å². The average molecular weight is 206 g/mol. The first-order chi connectivity index (χ1) is 6.00. The molecule has 0 N–H and O–H groups in total. The molecule has 0 aromatic heterocycles. The summed E-state index contributed by atoms with van der Waals surface area (Å²) in [5.41, 5.74) is 0. The zero-order chi connectivity index (χ0) is 10.3. The normalized spacial score (nSPS) is 18.4. The predicted molar refractivity (Wildman–Crippen MR) is 59.4 cm³/mol. The van der Waals surface area contributed by atoms with E-state index in [0.29, 0.717) is 19.8 Å². The fraction of sp³-hybridized carbons (Fsp3) is 1.00. The third-order valence-electron chi connectivity index (χ3n) is 1.30. The Labute approximate surface area is 88.7 Å². The quantitative estimate of drug-likeness (QED) is 0.695. The van der Waals surface area contributed by atoms with Gasteiger partial charge in [-0.25, -0.2) is 0 Å². The van der Waals surface area contributed by atoms with Crippen LogP contribution in [0.1, 0.15) is 35.1 Å². The van der Waals surface area contributed by atoms with E-state index in [2.05, 4.69) is 20.8 Å². The largest absolute Gasteiger partial charge is 0.379 e. The molecule has 0 atom stereocenters. The summed E-state index contributed by atoms with van der Waals surface area (Å²) in [6.07, 6.45) is 0. The number of hydrogen-bond donors (Lipinski definition) is 0. The summed E-state index contributed by atoms with van der Waals surface area (Å²) in [5, 5.41) is 0. The molecule has 1 aliphatic rings. The summed E-state index contributed by atoms with van der Waals surface area (Å²) >= 11 is 0. The number of ether oxygens (including phenoxy) is 3. The van der Waals surface area contributed by atoms with Crippen LogP contribution in [-0.4, -0.2) is 32.7 Å². The lowest BCUT2D eigenvalue weighted by molar-refractivity contribution is -0.174. The van der Waals surface area contributed by atoms with Gasteiger partial charge in [0.2, 0.25) is 0 Å². The van der Waals surface area contributed by atoms with Gasteiger partial charge in [0, 0.05) is 7.11 Å². The monoisotopic (exact) mass is 206 g/mol. The van der Waals surface area contributed by atoms with E-state index < -0.39 is 5.79 Å². The average Bonchev–Trinajstić information content (AvgIpc) is 2.35. The van der Waals surface area contributed by atoms with Crippen molar-refractivity contribution in [3.8, 4) is 0 Å². The minimum absolute atomic E-state index is 0. The molecule has 3 heteroatoms. The smallest absolute Gasteiger partial charge is 0.189 e. The molecule has 0 bridgehead atoms. The van der Waals surface area contributed by atoms with E-state index in [1.165, 1.54) is 0 Å². The van der Waals surface area contributed by atoms with Crippen LogP contribution in [0.4, 0.5) is 0 Å². The predicted octanol–water partition coefficient (Wildman–Crippen LogP) is 2.69. The molecule has 0 saturated carbocycles. The van der Waals surface area contributed by atoms with E-state index in [1.807, 2.05) is 6.92 Å².